The van der Waals surface area contributed by atoms with Crippen molar-refractivity contribution < 1.29 is 13.2 Å². The minimum absolute atomic E-state index is 0.103. The Bertz CT molecular complexity index is 880. The molecular formula is C18H23N3O3S. The number of hydrogen-bond acceptors (Lipinski definition) is 4. The molecule has 0 saturated carbocycles. The zero-order chi connectivity index (χ0) is 18.2. The number of aromatic nitrogens is 2. The summed E-state index contributed by atoms with van der Waals surface area (Å²) in [5.41, 5.74) is 1.85. The van der Waals surface area contributed by atoms with Gasteiger partial charge in [-0.1, -0.05) is 30.3 Å². The Morgan fingerprint density at radius 3 is 2.24 bits per heavy atom. The van der Waals surface area contributed by atoms with Gasteiger partial charge in [0.05, 0.1) is 11.4 Å². The fraction of sp³-hybridized carbons (Fsp3) is 0.444. The van der Waals surface area contributed by atoms with E-state index in [1.54, 1.807) is 25.6 Å². The van der Waals surface area contributed by atoms with Crippen LogP contribution in [0.1, 0.15) is 34.6 Å². The summed E-state index contributed by atoms with van der Waals surface area (Å²) in [5.74, 6) is -0.0173. The van der Waals surface area contributed by atoms with E-state index in [2.05, 4.69) is 5.10 Å². The predicted molar refractivity (Wildman–Crippen MR) is 94.9 cm³/mol. The molecule has 1 aliphatic heterocycles. The van der Waals surface area contributed by atoms with Crippen molar-refractivity contribution in [2.24, 2.45) is 13.0 Å². The van der Waals surface area contributed by atoms with Gasteiger partial charge in [-0.25, -0.2) is 8.42 Å². The van der Waals surface area contributed by atoms with Crippen LogP contribution in [-0.2, 0) is 17.1 Å². The summed E-state index contributed by atoms with van der Waals surface area (Å²) < 4.78 is 29.0. The van der Waals surface area contributed by atoms with Crippen molar-refractivity contribution in [3.8, 4) is 0 Å². The van der Waals surface area contributed by atoms with E-state index < -0.39 is 10.0 Å². The van der Waals surface area contributed by atoms with E-state index in [9.17, 15) is 13.2 Å². The van der Waals surface area contributed by atoms with Crippen LogP contribution in [0.4, 0.5) is 0 Å². The number of nitrogens with zero attached hydrogens (tertiary/aromatic N) is 3. The van der Waals surface area contributed by atoms with E-state index in [-0.39, 0.29) is 11.7 Å². The maximum absolute atomic E-state index is 13.0. The first-order valence-electron chi connectivity index (χ1n) is 8.42. The van der Waals surface area contributed by atoms with Gasteiger partial charge >= 0.3 is 0 Å². The van der Waals surface area contributed by atoms with Crippen LogP contribution in [0, 0.1) is 19.8 Å². The lowest BCUT2D eigenvalue weighted by Gasteiger charge is -2.30. The quantitative estimate of drug-likeness (QED) is 0.784. The van der Waals surface area contributed by atoms with Crippen LogP contribution in [0.2, 0.25) is 0 Å². The highest BCUT2D eigenvalue weighted by Crippen LogP contribution is 2.28. The Labute approximate surface area is 148 Å². The first-order chi connectivity index (χ1) is 11.8. The minimum Gasteiger partial charge on any atom is -0.294 e. The maximum Gasteiger partial charge on any atom is 0.246 e. The highest BCUT2D eigenvalue weighted by Gasteiger charge is 2.35. The Morgan fingerprint density at radius 1 is 1.12 bits per heavy atom. The van der Waals surface area contributed by atoms with Crippen LogP contribution >= 0.6 is 0 Å². The third kappa shape index (κ3) is 3.26. The lowest BCUT2D eigenvalue weighted by Crippen LogP contribution is -2.40. The van der Waals surface area contributed by atoms with Gasteiger partial charge in [0.1, 0.15) is 4.90 Å². The lowest BCUT2D eigenvalue weighted by atomic mass is 9.90. The first-order valence-corrected chi connectivity index (χ1v) is 9.86. The molecule has 0 amide bonds. The summed E-state index contributed by atoms with van der Waals surface area (Å²) in [5, 5.41) is 4.21. The predicted octanol–water partition coefficient (Wildman–Crippen LogP) is 2.32. The second-order valence-electron chi connectivity index (χ2n) is 6.53. The number of hydrogen-bond donors (Lipinski definition) is 0. The van der Waals surface area contributed by atoms with Gasteiger partial charge in [0.25, 0.3) is 0 Å². The summed E-state index contributed by atoms with van der Waals surface area (Å²) >= 11 is 0. The number of aryl methyl sites for hydroxylation is 2. The van der Waals surface area contributed by atoms with Crippen LogP contribution in [0.15, 0.2) is 35.2 Å². The van der Waals surface area contributed by atoms with Crippen molar-refractivity contribution >= 4 is 15.8 Å². The van der Waals surface area contributed by atoms with Crippen LogP contribution in [0.5, 0.6) is 0 Å². The monoisotopic (exact) mass is 361 g/mol. The molecule has 1 saturated heterocycles. The van der Waals surface area contributed by atoms with E-state index in [1.807, 2.05) is 30.3 Å². The number of ketones is 1. The molecule has 0 radical (unpaired) electrons. The molecule has 1 fully saturated rings. The average Bonchev–Trinajstić information content (AvgIpc) is 2.87. The maximum atomic E-state index is 13.0. The molecule has 0 atom stereocenters. The third-order valence-corrected chi connectivity index (χ3v) is 7.08. The SMILES string of the molecule is Cc1nn(C)c(C)c1S(=O)(=O)N1CCC(C(=O)c2ccccc2)CC1. The molecule has 2 heterocycles. The van der Waals surface area contributed by atoms with Gasteiger partial charge in [-0.2, -0.15) is 9.40 Å². The number of benzene rings is 1. The number of Topliss-reactive ketones (excluding diaryl/α,β-unsaturated/α-hetero) is 1. The van der Waals surface area contributed by atoms with Crippen molar-refractivity contribution in [1.29, 1.82) is 0 Å². The molecule has 0 spiro atoms. The van der Waals surface area contributed by atoms with Gasteiger partial charge in [0.2, 0.25) is 10.0 Å². The summed E-state index contributed by atoms with van der Waals surface area (Å²) in [6.07, 6.45) is 1.09. The van der Waals surface area contributed by atoms with Gasteiger partial charge in [-0.3, -0.25) is 9.48 Å². The average molecular weight is 361 g/mol. The number of carbonyl (C=O) groups is 1. The lowest BCUT2D eigenvalue weighted by molar-refractivity contribution is 0.0875. The van der Waals surface area contributed by atoms with Crippen LogP contribution in [-0.4, -0.2) is 41.4 Å². The normalized spacial score (nSPS) is 16.9. The molecule has 25 heavy (non-hydrogen) atoms. The molecule has 134 valence electrons. The minimum atomic E-state index is -3.58. The number of rotatable bonds is 4. The first kappa shape index (κ1) is 17.8. The largest absolute Gasteiger partial charge is 0.294 e. The van der Waals surface area contributed by atoms with Crippen molar-refractivity contribution in [2.45, 2.75) is 31.6 Å². The smallest absolute Gasteiger partial charge is 0.246 e. The zero-order valence-corrected chi connectivity index (χ0v) is 15.6. The molecule has 0 N–H and O–H groups in total. The number of piperidine rings is 1. The van der Waals surface area contributed by atoms with E-state index >= 15 is 0 Å². The molecule has 0 unspecified atom stereocenters. The highest BCUT2D eigenvalue weighted by molar-refractivity contribution is 7.89. The van der Waals surface area contributed by atoms with Crippen LogP contribution in [0.3, 0.4) is 0 Å². The summed E-state index contributed by atoms with van der Waals surface area (Å²) in [6, 6.07) is 9.20. The van der Waals surface area contributed by atoms with Gasteiger partial charge in [-0.15, -0.1) is 0 Å². The van der Waals surface area contributed by atoms with Crippen molar-refractivity contribution in [3.63, 3.8) is 0 Å². The highest BCUT2D eigenvalue weighted by atomic mass is 32.2. The van der Waals surface area contributed by atoms with Gasteiger partial charge in [0, 0.05) is 31.6 Å². The van der Waals surface area contributed by atoms with Crippen LogP contribution < -0.4 is 0 Å². The molecule has 2 aromatic rings. The van der Waals surface area contributed by atoms with E-state index in [1.165, 1.54) is 4.31 Å². The second-order valence-corrected chi connectivity index (χ2v) is 8.41. The van der Waals surface area contributed by atoms with E-state index in [0.29, 0.717) is 47.8 Å². The molecule has 0 bridgehead atoms. The van der Waals surface area contributed by atoms with Crippen molar-refractivity contribution in [3.05, 3.63) is 47.3 Å². The van der Waals surface area contributed by atoms with Gasteiger partial charge in [-0.05, 0) is 26.7 Å². The Morgan fingerprint density at radius 2 is 1.72 bits per heavy atom. The molecule has 1 aliphatic rings. The number of sulfonamides is 1. The topological polar surface area (TPSA) is 72.3 Å². The standard InChI is InChI=1S/C18H23N3O3S/c1-13-18(14(2)20(3)19-13)25(23,24)21-11-9-16(10-12-21)17(22)15-7-5-4-6-8-15/h4-8,16H,9-12H2,1-3H3. The molecule has 1 aromatic heterocycles. The van der Waals surface area contributed by atoms with Crippen LogP contribution in [0.25, 0.3) is 0 Å². The zero-order valence-electron chi connectivity index (χ0n) is 14.8. The van der Waals surface area contributed by atoms with Crippen molar-refractivity contribution in [2.75, 3.05) is 13.1 Å². The molecule has 3 rings (SSSR count). The fourth-order valence-electron chi connectivity index (χ4n) is 3.45. The van der Waals surface area contributed by atoms with E-state index in [4.69, 9.17) is 0 Å². The van der Waals surface area contributed by atoms with Gasteiger partial charge < -0.3 is 0 Å². The molecular weight excluding hydrogens is 338 g/mol. The third-order valence-electron chi connectivity index (χ3n) is 4.92. The molecule has 1 aromatic carbocycles. The van der Waals surface area contributed by atoms with Gasteiger partial charge in [0.15, 0.2) is 5.78 Å². The Hall–Kier alpha value is -1.99. The molecule has 0 aliphatic carbocycles. The summed E-state index contributed by atoms with van der Waals surface area (Å²) in [6.45, 7) is 4.20. The number of carbonyl (C=O) groups excluding carboxylic acids is 1. The summed E-state index contributed by atoms with van der Waals surface area (Å²) in [7, 11) is -1.84. The second kappa shape index (κ2) is 6.72. The molecule has 6 nitrogen and oxygen atoms in total. The Balaban J connectivity index is 1.75. The summed E-state index contributed by atoms with van der Waals surface area (Å²) in [4.78, 5) is 12.9. The molecule has 7 heteroatoms. The fourth-order valence-corrected chi connectivity index (χ4v) is 5.32. The van der Waals surface area contributed by atoms with E-state index in [0.717, 1.165) is 0 Å². The Kier molecular flexibility index (Phi) is 4.79. The van der Waals surface area contributed by atoms with Crippen molar-refractivity contribution in [1.82, 2.24) is 14.1 Å².